The zero-order valence-corrected chi connectivity index (χ0v) is 13.3. The largest absolute Gasteiger partial charge is 0.496 e. The summed E-state index contributed by atoms with van der Waals surface area (Å²) in [5.74, 6) is 2.27. The van der Waals surface area contributed by atoms with Crippen molar-refractivity contribution >= 4 is 11.8 Å². The summed E-state index contributed by atoms with van der Waals surface area (Å²) < 4.78 is 5.44. The molecule has 0 spiro atoms. The minimum Gasteiger partial charge on any atom is -0.496 e. The Kier molecular flexibility index (Phi) is 8.76. The van der Waals surface area contributed by atoms with Crippen LogP contribution in [0.4, 0.5) is 0 Å². The Morgan fingerprint density at radius 2 is 2.00 bits per heavy atom. The lowest BCUT2D eigenvalue weighted by atomic mass is 10.0. The van der Waals surface area contributed by atoms with E-state index < -0.39 is 0 Å². The smallest absolute Gasteiger partial charge is 0.123 e. The van der Waals surface area contributed by atoms with Crippen molar-refractivity contribution in [3.8, 4) is 5.75 Å². The van der Waals surface area contributed by atoms with Crippen LogP contribution in [0.2, 0.25) is 0 Å². The summed E-state index contributed by atoms with van der Waals surface area (Å²) >= 11 is 1.94. The van der Waals surface area contributed by atoms with Gasteiger partial charge in [0.1, 0.15) is 5.75 Å². The molecule has 0 saturated heterocycles. The molecule has 0 radical (unpaired) electrons. The van der Waals surface area contributed by atoms with Crippen molar-refractivity contribution in [2.45, 2.75) is 38.6 Å². The summed E-state index contributed by atoms with van der Waals surface area (Å²) in [6.45, 7) is 3.31. The fourth-order valence-electron chi connectivity index (χ4n) is 2.25. The third-order valence-corrected chi connectivity index (χ3v) is 4.04. The van der Waals surface area contributed by atoms with E-state index >= 15 is 0 Å². The van der Waals surface area contributed by atoms with Gasteiger partial charge in [0.05, 0.1) is 7.11 Å². The second kappa shape index (κ2) is 10.2. The Hall–Kier alpha value is -0.670. The fraction of sp³-hybridized carbons (Fsp3) is 0.625. The van der Waals surface area contributed by atoms with Crippen LogP contribution in [0, 0.1) is 0 Å². The molecule has 0 saturated carbocycles. The summed E-state index contributed by atoms with van der Waals surface area (Å²) in [4.78, 5) is 0. The van der Waals surface area contributed by atoms with Crippen molar-refractivity contribution in [2.75, 3.05) is 25.7 Å². The molecule has 3 heteroatoms. The first-order valence-electron chi connectivity index (χ1n) is 7.18. The van der Waals surface area contributed by atoms with Gasteiger partial charge >= 0.3 is 0 Å². The molecule has 0 amide bonds. The summed E-state index contributed by atoms with van der Waals surface area (Å²) in [6, 6.07) is 8.71. The Labute approximate surface area is 122 Å². The van der Waals surface area contributed by atoms with Gasteiger partial charge in [-0.3, -0.25) is 0 Å². The van der Waals surface area contributed by atoms with E-state index in [0.717, 1.165) is 18.7 Å². The molecule has 1 atom stereocenters. The molecule has 0 fully saturated rings. The van der Waals surface area contributed by atoms with Crippen LogP contribution in [-0.4, -0.2) is 25.7 Å². The SMILES string of the molecule is CCC(NCCCCCSC)c1ccccc1OC. The molecule has 1 N–H and O–H groups in total. The van der Waals surface area contributed by atoms with E-state index in [1.54, 1.807) is 7.11 Å². The third-order valence-electron chi connectivity index (χ3n) is 3.34. The quantitative estimate of drug-likeness (QED) is 0.647. The van der Waals surface area contributed by atoms with Crippen LogP contribution in [0.3, 0.4) is 0 Å². The lowest BCUT2D eigenvalue weighted by Gasteiger charge is -2.20. The van der Waals surface area contributed by atoms with Gasteiger partial charge < -0.3 is 10.1 Å². The molecule has 0 bridgehead atoms. The first-order chi connectivity index (χ1) is 9.33. The molecule has 0 aliphatic rings. The normalized spacial score (nSPS) is 12.4. The molecule has 1 aromatic rings. The van der Waals surface area contributed by atoms with E-state index in [0.29, 0.717) is 6.04 Å². The van der Waals surface area contributed by atoms with Gasteiger partial charge in [0, 0.05) is 11.6 Å². The van der Waals surface area contributed by atoms with Crippen molar-refractivity contribution < 1.29 is 4.74 Å². The average Bonchev–Trinajstić information content (AvgIpc) is 2.47. The number of unbranched alkanes of at least 4 members (excludes halogenated alkanes) is 2. The van der Waals surface area contributed by atoms with Gasteiger partial charge in [-0.15, -0.1) is 0 Å². The Morgan fingerprint density at radius 1 is 1.21 bits per heavy atom. The molecule has 0 heterocycles. The number of rotatable bonds is 10. The number of para-hydroxylation sites is 1. The molecular weight excluding hydrogens is 254 g/mol. The lowest BCUT2D eigenvalue weighted by Crippen LogP contribution is -2.22. The van der Waals surface area contributed by atoms with Crippen LogP contribution in [0.1, 0.15) is 44.2 Å². The van der Waals surface area contributed by atoms with E-state index in [2.05, 4.69) is 30.6 Å². The van der Waals surface area contributed by atoms with Crippen molar-refractivity contribution in [3.63, 3.8) is 0 Å². The summed E-state index contributed by atoms with van der Waals surface area (Å²) in [5.41, 5.74) is 1.27. The number of thioether (sulfide) groups is 1. The predicted molar refractivity (Wildman–Crippen MR) is 86.3 cm³/mol. The van der Waals surface area contributed by atoms with Crippen LogP contribution in [-0.2, 0) is 0 Å². The van der Waals surface area contributed by atoms with Crippen LogP contribution in [0.25, 0.3) is 0 Å². The predicted octanol–water partition coefficient (Wildman–Crippen LogP) is 4.27. The zero-order chi connectivity index (χ0) is 13.9. The van der Waals surface area contributed by atoms with Crippen molar-refractivity contribution in [3.05, 3.63) is 29.8 Å². The van der Waals surface area contributed by atoms with Gasteiger partial charge in [-0.2, -0.15) is 11.8 Å². The van der Waals surface area contributed by atoms with Gasteiger partial charge in [0.15, 0.2) is 0 Å². The molecule has 1 aromatic carbocycles. The van der Waals surface area contributed by atoms with E-state index in [1.807, 2.05) is 23.9 Å². The summed E-state index contributed by atoms with van der Waals surface area (Å²) in [5, 5.41) is 3.65. The topological polar surface area (TPSA) is 21.3 Å². The molecule has 19 heavy (non-hydrogen) atoms. The Morgan fingerprint density at radius 3 is 2.68 bits per heavy atom. The second-order valence-electron chi connectivity index (χ2n) is 4.71. The Balaban J connectivity index is 2.40. The zero-order valence-electron chi connectivity index (χ0n) is 12.4. The lowest BCUT2D eigenvalue weighted by molar-refractivity contribution is 0.396. The standard InChI is InChI=1S/C16H27NOS/c1-4-15(17-12-8-5-9-13-19-3)14-10-6-7-11-16(14)18-2/h6-7,10-11,15,17H,4-5,8-9,12-13H2,1-3H3. The molecular formula is C16H27NOS. The summed E-state index contributed by atoms with van der Waals surface area (Å²) in [6.07, 6.45) is 7.16. The van der Waals surface area contributed by atoms with Crippen molar-refractivity contribution in [1.82, 2.24) is 5.32 Å². The van der Waals surface area contributed by atoms with Gasteiger partial charge in [0.25, 0.3) is 0 Å². The first kappa shape index (κ1) is 16.4. The van der Waals surface area contributed by atoms with Crippen LogP contribution < -0.4 is 10.1 Å². The number of hydrogen-bond donors (Lipinski definition) is 1. The molecule has 1 unspecified atom stereocenters. The van der Waals surface area contributed by atoms with E-state index in [4.69, 9.17) is 4.74 Å². The van der Waals surface area contributed by atoms with Crippen LogP contribution in [0.15, 0.2) is 24.3 Å². The highest BCUT2D eigenvalue weighted by Gasteiger charge is 2.12. The van der Waals surface area contributed by atoms with Gasteiger partial charge in [0.2, 0.25) is 0 Å². The van der Waals surface area contributed by atoms with E-state index in [-0.39, 0.29) is 0 Å². The third kappa shape index (κ3) is 5.87. The minimum atomic E-state index is 0.400. The first-order valence-corrected chi connectivity index (χ1v) is 8.58. The van der Waals surface area contributed by atoms with E-state index in [9.17, 15) is 0 Å². The molecule has 1 rings (SSSR count). The highest BCUT2D eigenvalue weighted by Crippen LogP contribution is 2.26. The average molecular weight is 281 g/mol. The van der Waals surface area contributed by atoms with Crippen LogP contribution in [0.5, 0.6) is 5.75 Å². The van der Waals surface area contributed by atoms with E-state index in [1.165, 1.54) is 30.6 Å². The van der Waals surface area contributed by atoms with Gasteiger partial charge in [-0.1, -0.05) is 31.5 Å². The molecule has 0 aliphatic heterocycles. The Bertz CT molecular complexity index is 343. The molecule has 0 aromatic heterocycles. The second-order valence-corrected chi connectivity index (χ2v) is 5.70. The van der Waals surface area contributed by atoms with Crippen LogP contribution >= 0.6 is 11.8 Å². The van der Waals surface area contributed by atoms with Crippen molar-refractivity contribution in [2.24, 2.45) is 0 Å². The summed E-state index contributed by atoms with van der Waals surface area (Å²) in [7, 11) is 1.74. The number of ether oxygens (including phenoxy) is 1. The number of methoxy groups -OCH3 is 1. The highest BCUT2D eigenvalue weighted by atomic mass is 32.2. The minimum absolute atomic E-state index is 0.400. The van der Waals surface area contributed by atoms with Gasteiger partial charge in [-0.25, -0.2) is 0 Å². The molecule has 2 nitrogen and oxygen atoms in total. The maximum absolute atomic E-state index is 5.44. The number of benzene rings is 1. The molecule has 108 valence electrons. The maximum Gasteiger partial charge on any atom is 0.123 e. The van der Waals surface area contributed by atoms with Crippen molar-refractivity contribution in [1.29, 1.82) is 0 Å². The fourth-order valence-corrected chi connectivity index (χ4v) is 2.75. The highest BCUT2D eigenvalue weighted by molar-refractivity contribution is 7.98. The monoisotopic (exact) mass is 281 g/mol. The maximum atomic E-state index is 5.44. The van der Waals surface area contributed by atoms with Gasteiger partial charge in [-0.05, 0) is 43.9 Å². The molecule has 0 aliphatic carbocycles. The number of nitrogens with one attached hydrogen (secondary N) is 1. The number of hydrogen-bond acceptors (Lipinski definition) is 3.